The van der Waals surface area contributed by atoms with Crippen molar-refractivity contribution in [1.29, 1.82) is 0 Å². The van der Waals surface area contributed by atoms with E-state index < -0.39 is 76.3 Å². The smallest absolute Gasteiger partial charge is 0.333 e. The molecule has 2 fully saturated rings. The van der Waals surface area contributed by atoms with Gasteiger partial charge in [-0.3, -0.25) is 4.79 Å². The van der Waals surface area contributed by atoms with Crippen LogP contribution < -0.4 is 0 Å². The molecule has 0 aromatic heterocycles. The number of aliphatic hydroxyl groups is 3. The first-order chi connectivity index (χ1) is 19.2. The number of Topliss-reactive ketones (excluding diaryl/α,β-unsaturated/α-hetero) is 1. The summed E-state index contributed by atoms with van der Waals surface area (Å²) in [5.41, 5.74) is -4.61. The van der Waals surface area contributed by atoms with Crippen LogP contribution in [0.1, 0.15) is 80.6 Å². The van der Waals surface area contributed by atoms with E-state index in [9.17, 15) is 29.7 Å². The maximum absolute atomic E-state index is 13.3. The lowest BCUT2D eigenvalue weighted by Crippen LogP contribution is -2.66. The number of unbranched alkanes of at least 4 members (excludes halogenated alkanes) is 3. The summed E-state index contributed by atoms with van der Waals surface area (Å²) in [7, 11) is 0. The number of esters is 2. The Bertz CT molecular complexity index is 1220. The van der Waals surface area contributed by atoms with Gasteiger partial charge in [0.2, 0.25) is 0 Å². The van der Waals surface area contributed by atoms with Crippen molar-refractivity contribution in [3.05, 3.63) is 47.1 Å². The third-order valence-electron chi connectivity index (χ3n) is 10.4. The van der Waals surface area contributed by atoms with Gasteiger partial charge in [-0.1, -0.05) is 64.8 Å². The maximum atomic E-state index is 13.3. The van der Waals surface area contributed by atoms with Gasteiger partial charge in [-0.25, -0.2) is 9.59 Å². The average Bonchev–Trinajstić information content (AvgIpc) is 3.35. The Kier molecular flexibility index (Phi) is 8.37. The highest BCUT2D eigenvalue weighted by Gasteiger charge is 2.87. The Morgan fingerprint density at radius 2 is 1.85 bits per heavy atom. The second-order valence-electron chi connectivity index (χ2n) is 13.1. The molecule has 0 saturated heterocycles. The predicted octanol–water partition coefficient (Wildman–Crippen LogP) is 4.13. The van der Waals surface area contributed by atoms with Gasteiger partial charge in [0.1, 0.15) is 11.7 Å². The first-order valence-electron chi connectivity index (χ1n) is 14.9. The van der Waals surface area contributed by atoms with E-state index >= 15 is 0 Å². The van der Waals surface area contributed by atoms with Crippen LogP contribution in [0.4, 0.5) is 0 Å². The summed E-state index contributed by atoms with van der Waals surface area (Å²) in [5, 5.41) is 34.8. The van der Waals surface area contributed by atoms with E-state index in [4.69, 9.17) is 9.47 Å². The molecule has 3 N–H and O–H groups in total. The minimum Gasteiger partial charge on any atom is -0.454 e. The molecule has 4 aliphatic carbocycles. The molecule has 4 aliphatic rings. The van der Waals surface area contributed by atoms with Crippen LogP contribution >= 0.6 is 0 Å². The van der Waals surface area contributed by atoms with Crippen LogP contribution in [0.25, 0.3) is 0 Å². The van der Waals surface area contributed by atoms with Gasteiger partial charge < -0.3 is 24.8 Å². The fourth-order valence-corrected chi connectivity index (χ4v) is 8.04. The van der Waals surface area contributed by atoms with Crippen LogP contribution in [0.5, 0.6) is 0 Å². The normalized spacial score (nSPS) is 39.2. The number of hydrogen-bond donors (Lipinski definition) is 3. The zero-order valence-corrected chi connectivity index (χ0v) is 25.4. The van der Waals surface area contributed by atoms with Gasteiger partial charge in [0.25, 0.3) is 0 Å². The summed E-state index contributed by atoms with van der Waals surface area (Å²) in [6, 6.07) is 0. The van der Waals surface area contributed by atoms with E-state index in [-0.39, 0.29) is 6.42 Å². The van der Waals surface area contributed by atoms with E-state index in [1.807, 2.05) is 13.8 Å². The van der Waals surface area contributed by atoms with Crippen LogP contribution in [0.3, 0.4) is 0 Å². The highest BCUT2D eigenvalue weighted by atomic mass is 16.6. The topological polar surface area (TPSA) is 130 Å². The van der Waals surface area contributed by atoms with E-state index in [0.717, 1.165) is 25.7 Å². The minimum atomic E-state index is -1.96. The van der Waals surface area contributed by atoms with Gasteiger partial charge in [-0.15, -0.1) is 0 Å². The van der Waals surface area contributed by atoms with Crippen molar-refractivity contribution in [2.45, 2.75) is 103 Å². The summed E-state index contributed by atoms with van der Waals surface area (Å²) in [6.45, 7) is 12.2. The molecule has 226 valence electrons. The second-order valence-corrected chi connectivity index (χ2v) is 13.1. The third-order valence-corrected chi connectivity index (χ3v) is 10.4. The molecule has 0 amide bonds. The largest absolute Gasteiger partial charge is 0.454 e. The van der Waals surface area contributed by atoms with Crippen molar-refractivity contribution >= 4 is 17.7 Å². The van der Waals surface area contributed by atoms with Gasteiger partial charge in [-0.05, 0) is 44.8 Å². The Hall–Kier alpha value is -2.55. The zero-order chi connectivity index (χ0) is 30.5. The lowest BCUT2D eigenvalue weighted by Gasteiger charge is -2.53. The number of ether oxygens (including phenoxy) is 2. The number of ketones is 1. The zero-order valence-electron chi connectivity index (χ0n) is 25.4. The van der Waals surface area contributed by atoms with Gasteiger partial charge in [0.15, 0.2) is 11.4 Å². The third kappa shape index (κ3) is 4.57. The molecule has 0 spiro atoms. The van der Waals surface area contributed by atoms with Crippen molar-refractivity contribution in [3.63, 3.8) is 0 Å². The fraction of sp³-hybridized carbons (Fsp3) is 0.667. The van der Waals surface area contributed by atoms with E-state index in [2.05, 4.69) is 6.92 Å². The molecule has 2 saturated carbocycles. The summed E-state index contributed by atoms with van der Waals surface area (Å²) < 4.78 is 12.4. The Morgan fingerprint density at radius 3 is 2.46 bits per heavy atom. The maximum Gasteiger partial charge on any atom is 0.333 e. The number of aliphatic hydroxyl groups excluding tert-OH is 1. The Morgan fingerprint density at radius 1 is 1.17 bits per heavy atom. The molecule has 4 rings (SSSR count). The molecule has 0 heterocycles. The summed E-state index contributed by atoms with van der Waals surface area (Å²) >= 11 is 0. The standard InChI is InChI=1S/C33H46O8/c1-8-10-11-12-13-14-25(35)41-33-26(30(33,6)7)23-16-22(18-34)17-31(38)24(15-20(4)27(31)36)32(23,39)21(5)28(33)40-29(37)19(3)9-2/h9,13-16,21,23-24,26,28,34,38-39H,8,10-12,17-18H2,1-7H3/b14-13+,19-9+/t21-,23+,24-,26-,28-,31-,32-,33-/m1/s1. The highest BCUT2D eigenvalue weighted by molar-refractivity contribution is 6.04. The minimum absolute atomic E-state index is 0.130. The lowest BCUT2D eigenvalue weighted by atomic mass is 9.59. The second kappa shape index (κ2) is 10.9. The number of carbonyl (C=O) groups excluding carboxylic acids is 3. The number of hydrogen-bond acceptors (Lipinski definition) is 8. The van der Waals surface area contributed by atoms with Gasteiger partial charge in [0, 0.05) is 47.2 Å². The van der Waals surface area contributed by atoms with Crippen LogP contribution in [-0.4, -0.2) is 62.6 Å². The van der Waals surface area contributed by atoms with Gasteiger partial charge >= 0.3 is 11.9 Å². The van der Waals surface area contributed by atoms with Crippen molar-refractivity contribution in [1.82, 2.24) is 0 Å². The molecule has 0 bridgehead atoms. The van der Waals surface area contributed by atoms with Crippen LogP contribution in [0, 0.1) is 29.1 Å². The molecular weight excluding hydrogens is 524 g/mol. The number of allylic oxidation sites excluding steroid dienone is 2. The van der Waals surface area contributed by atoms with E-state index in [0.29, 0.717) is 16.7 Å². The number of rotatable bonds is 9. The summed E-state index contributed by atoms with van der Waals surface area (Å²) in [6.07, 6.45) is 10.8. The molecule has 0 aliphatic heterocycles. The summed E-state index contributed by atoms with van der Waals surface area (Å²) in [5.74, 6) is -4.75. The molecule has 0 aromatic rings. The molecule has 0 unspecified atom stereocenters. The van der Waals surface area contributed by atoms with Gasteiger partial charge in [-0.2, -0.15) is 0 Å². The Labute approximate surface area is 243 Å². The van der Waals surface area contributed by atoms with Crippen molar-refractivity contribution in [2.75, 3.05) is 6.61 Å². The van der Waals surface area contributed by atoms with Crippen LogP contribution in [0.2, 0.25) is 0 Å². The van der Waals surface area contributed by atoms with Crippen LogP contribution in [-0.2, 0) is 23.9 Å². The molecule has 8 nitrogen and oxygen atoms in total. The highest BCUT2D eigenvalue weighted by Crippen LogP contribution is 2.77. The molecule has 41 heavy (non-hydrogen) atoms. The number of carbonyl (C=O) groups is 3. The average molecular weight is 571 g/mol. The van der Waals surface area contributed by atoms with Crippen molar-refractivity contribution < 1.29 is 39.2 Å². The summed E-state index contributed by atoms with van der Waals surface area (Å²) in [4.78, 5) is 39.7. The molecular formula is C33H46O8. The predicted molar refractivity (Wildman–Crippen MR) is 153 cm³/mol. The molecule has 8 atom stereocenters. The van der Waals surface area contributed by atoms with E-state index in [1.54, 1.807) is 52.0 Å². The number of fused-ring (bicyclic) bond motifs is 5. The van der Waals surface area contributed by atoms with Crippen LogP contribution in [0.15, 0.2) is 47.1 Å². The Balaban J connectivity index is 1.85. The van der Waals surface area contributed by atoms with Gasteiger partial charge in [0.05, 0.1) is 12.2 Å². The first kappa shape index (κ1) is 31.4. The van der Waals surface area contributed by atoms with Crippen molar-refractivity contribution in [3.8, 4) is 0 Å². The quantitative estimate of drug-likeness (QED) is 0.163. The first-order valence-corrected chi connectivity index (χ1v) is 14.9. The van der Waals surface area contributed by atoms with E-state index in [1.165, 1.54) is 6.08 Å². The van der Waals surface area contributed by atoms with Crippen molar-refractivity contribution in [2.24, 2.45) is 29.1 Å². The molecule has 0 radical (unpaired) electrons. The SMILES string of the molecule is C/C=C(\C)C(=O)O[C@@H]1[C@@H](C)[C@@]2(O)[C@@H](C=C(CO)C[C@]3(O)C(=O)C(C)=C[C@@H]23)[C@@H]2C(C)(C)[C@]12OC(=O)/C=C/CCCCC. The lowest BCUT2D eigenvalue weighted by molar-refractivity contribution is -0.226. The monoisotopic (exact) mass is 570 g/mol. The molecule has 0 aromatic carbocycles. The molecule has 8 heteroatoms. The fourth-order valence-electron chi connectivity index (χ4n) is 8.04.